The molecule has 1 aromatic carbocycles. The van der Waals surface area contributed by atoms with E-state index in [0.717, 1.165) is 35.9 Å². The van der Waals surface area contributed by atoms with Crippen LogP contribution in [0.5, 0.6) is 5.75 Å². The molecule has 2 saturated heterocycles. The monoisotopic (exact) mass is 391 g/mol. The molecule has 3 N–H and O–H groups in total. The lowest BCUT2D eigenvalue weighted by Gasteiger charge is -2.23. The van der Waals surface area contributed by atoms with E-state index >= 15 is 0 Å². The smallest absolute Gasteiger partial charge is 0.252 e. The van der Waals surface area contributed by atoms with Gasteiger partial charge in [-0.2, -0.15) is 5.10 Å². The van der Waals surface area contributed by atoms with Crippen molar-refractivity contribution in [3.8, 4) is 17.0 Å². The van der Waals surface area contributed by atoms with Gasteiger partial charge in [0.15, 0.2) is 5.65 Å². The maximum Gasteiger partial charge on any atom is 0.252 e. The fourth-order valence-electron chi connectivity index (χ4n) is 4.96. The van der Waals surface area contributed by atoms with E-state index in [9.17, 15) is 9.90 Å². The predicted molar refractivity (Wildman–Crippen MR) is 111 cm³/mol. The first-order valence-electron chi connectivity index (χ1n) is 10.3. The molecule has 4 heterocycles. The van der Waals surface area contributed by atoms with E-state index in [1.54, 1.807) is 24.3 Å². The number of nitrogens with one attached hydrogen (secondary N) is 2. The third-order valence-electron chi connectivity index (χ3n) is 6.56. The molecule has 2 aliphatic heterocycles. The number of nitrogens with zero attached hydrogens (tertiary/aromatic N) is 3. The van der Waals surface area contributed by atoms with E-state index in [4.69, 9.17) is 0 Å². The Balaban J connectivity index is 1.54. The van der Waals surface area contributed by atoms with Crippen molar-refractivity contribution >= 4 is 16.9 Å². The van der Waals surface area contributed by atoms with Crippen molar-refractivity contribution in [3.63, 3.8) is 0 Å². The molecule has 5 rings (SSSR count). The second-order valence-corrected chi connectivity index (χ2v) is 8.14. The van der Waals surface area contributed by atoms with Gasteiger partial charge in [-0.3, -0.25) is 14.8 Å². The number of carbonyl (C=O) groups is 1. The van der Waals surface area contributed by atoms with Gasteiger partial charge in [-0.15, -0.1) is 0 Å². The number of phenolic OH excluding ortho intramolecular Hbond substituents is 1. The van der Waals surface area contributed by atoms with Crippen LogP contribution in [0, 0.1) is 0 Å². The van der Waals surface area contributed by atoms with Crippen LogP contribution in [0.15, 0.2) is 30.3 Å². The van der Waals surface area contributed by atoms with Crippen molar-refractivity contribution in [3.05, 3.63) is 41.6 Å². The molecule has 3 aromatic rings. The molecule has 2 aliphatic rings. The lowest BCUT2D eigenvalue weighted by molar-refractivity contribution is 0.0929. The number of pyridine rings is 1. The average Bonchev–Trinajstić information content (AvgIpc) is 3.39. The number of hydrogen-bond donors (Lipinski definition) is 3. The Morgan fingerprint density at radius 1 is 1.31 bits per heavy atom. The average molecular weight is 391 g/mol. The SMILES string of the molecule is CCc1[nH]nc2nc(-c3ccc(O)cc3)cc(C(=O)N[C@H]3CC4CCC3N4C)c12. The summed E-state index contributed by atoms with van der Waals surface area (Å²) in [5, 5.41) is 21.0. The number of hydrogen-bond acceptors (Lipinski definition) is 5. The maximum absolute atomic E-state index is 13.4. The minimum atomic E-state index is -0.0699. The molecule has 0 radical (unpaired) electrons. The second kappa shape index (κ2) is 6.84. The van der Waals surface area contributed by atoms with E-state index in [0.29, 0.717) is 29.0 Å². The van der Waals surface area contributed by atoms with Gasteiger partial charge < -0.3 is 10.4 Å². The summed E-state index contributed by atoms with van der Waals surface area (Å²) < 4.78 is 0. The maximum atomic E-state index is 13.4. The van der Waals surface area contributed by atoms with Gasteiger partial charge in [-0.05, 0) is 63.1 Å². The summed E-state index contributed by atoms with van der Waals surface area (Å²) in [6.07, 6.45) is 4.12. The topological polar surface area (TPSA) is 94.1 Å². The van der Waals surface area contributed by atoms with E-state index < -0.39 is 0 Å². The highest BCUT2D eigenvalue weighted by atomic mass is 16.3. The predicted octanol–water partition coefficient (Wildman–Crippen LogP) is 2.86. The number of phenols is 1. The summed E-state index contributed by atoms with van der Waals surface area (Å²) in [6.45, 7) is 2.04. The third-order valence-corrected chi connectivity index (χ3v) is 6.56. The minimum Gasteiger partial charge on any atom is -0.508 e. The number of aromatic hydroxyl groups is 1. The van der Waals surface area contributed by atoms with Crippen LogP contribution in [0.2, 0.25) is 0 Å². The second-order valence-electron chi connectivity index (χ2n) is 8.14. The first-order chi connectivity index (χ1) is 14.0. The van der Waals surface area contributed by atoms with Gasteiger partial charge in [-0.1, -0.05) is 6.92 Å². The van der Waals surface area contributed by atoms with E-state index in [1.165, 1.54) is 6.42 Å². The van der Waals surface area contributed by atoms with Crippen LogP contribution in [0.1, 0.15) is 42.2 Å². The Kier molecular flexibility index (Phi) is 4.28. The highest BCUT2D eigenvalue weighted by molar-refractivity contribution is 6.07. The number of aromatic nitrogens is 3. The lowest BCUT2D eigenvalue weighted by Crippen LogP contribution is -2.43. The van der Waals surface area contributed by atoms with Crippen molar-refractivity contribution in [1.29, 1.82) is 0 Å². The number of aryl methyl sites for hydroxylation is 1. The molecule has 2 bridgehead atoms. The van der Waals surface area contributed by atoms with E-state index in [2.05, 4.69) is 32.4 Å². The number of aromatic amines is 1. The van der Waals surface area contributed by atoms with Crippen molar-refractivity contribution in [2.75, 3.05) is 7.05 Å². The molecule has 1 amide bonds. The van der Waals surface area contributed by atoms with Gasteiger partial charge >= 0.3 is 0 Å². The quantitative estimate of drug-likeness (QED) is 0.636. The first-order valence-corrected chi connectivity index (χ1v) is 10.3. The zero-order valence-electron chi connectivity index (χ0n) is 16.6. The van der Waals surface area contributed by atoms with Gasteiger partial charge in [0.25, 0.3) is 5.91 Å². The molecule has 0 saturated carbocycles. The van der Waals surface area contributed by atoms with Gasteiger partial charge in [-0.25, -0.2) is 4.98 Å². The number of likely N-dealkylation sites (N-methyl/N-ethyl adjacent to an activating group) is 1. The van der Waals surface area contributed by atoms with Crippen LogP contribution in [0.4, 0.5) is 0 Å². The molecule has 2 aromatic heterocycles. The molecule has 150 valence electrons. The van der Waals surface area contributed by atoms with Crippen LogP contribution in [0.3, 0.4) is 0 Å². The summed E-state index contributed by atoms with van der Waals surface area (Å²) >= 11 is 0. The Morgan fingerprint density at radius 2 is 2.10 bits per heavy atom. The van der Waals surface area contributed by atoms with Crippen LogP contribution in [-0.4, -0.2) is 56.3 Å². The summed E-state index contributed by atoms with van der Waals surface area (Å²) in [6, 6.07) is 9.86. The number of fused-ring (bicyclic) bond motifs is 3. The van der Waals surface area contributed by atoms with Crippen LogP contribution in [0.25, 0.3) is 22.3 Å². The molecule has 0 aliphatic carbocycles. The highest BCUT2D eigenvalue weighted by Crippen LogP contribution is 2.36. The Morgan fingerprint density at radius 3 is 2.76 bits per heavy atom. The molecule has 29 heavy (non-hydrogen) atoms. The van der Waals surface area contributed by atoms with Gasteiger partial charge in [0.2, 0.25) is 0 Å². The fraction of sp³-hybridized carbons (Fsp3) is 0.409. The van der Waals surface area contributed by atoms with Crippen molar-refractivity contribution in [2.45, 2.75) is 50.7 Å². The summed E-state index contributed by atoms with van der Waals surface area (Å²) in [4.78, 5) is 20.4. The highest BCUT2D eigenvalue weighted by Gasteiger charge is 2.44. The minimum absolute atomic E-state index is 0.0699. The molecule has 7 heteroatoms. The molecule has 0 spiro atoms. The third kappa shape index (κ3) is 2.97. The standard InChI is InChI=1S/C22H25N5O2/c1-3-16-20-15(22(29)24-18-10-13-6-9-19(18)27(13)2)11-17(23-21(20)26-25-16)12-4-7-14(28)8-5-12/h4-5,7-8,11,13,18-19,28H,3,6,9-10H2,1-2H3,(H,24,29)(H,23,25,26)/t13?,18-,19?/m0/s1. The first kappa shape index (κ1) is 18.1. The number of carbonyl (C=O) groups excluding carboxylic acids is 1. The summed E-state index contributed by atoms with van der Waals surface area (Å²) in [5.41, 5.74) is 3.57. The zero-order valence-corrected chi connectivity index (χ0v) is 16.6. The normalized spacial score (nSPS) is 23.7. The molecular weight excluding hydrogens is 366 g/mol. The fourth-order valence-corrected chi connectivity index (χ4v) is 4.96. The van der Waals surface area contributed by atoms with Gasteiger partial charge in [0.1, 0.15) is 5.75 Å². The largest absolute Gasteiger partial charge is 0.508 e. The Bertz CT molecular complexity index is 1070. The summed E-state index contributed by atoms with van der Waals surface area (Å²) in [7, 11) is 2.16. The lowest BCUT2D eigenvalue weighted by atomic mass is 9.95. The number of H-pyrrole nitrogens is 1. The molecule has 2 fully saturated rings. The van der Waals surface area contributed by atoms with Crippen molar-refractivity contribution in [1.82, 2.24) is 25.4 Å². The molecule has 2 unspecified atom stereocenters. The zero-order chi connectivity index (χ0) is 20.1. The van der Waals surface area contributed by atoms with Gasteiger partial charge in [0, 0.05) is 29.4 Å². The summed E-state index contributed by atoms with van der Waals surface area (Å²) in [5.74, 6) is 0.126. The van der Waals surface area contributed by atoms with Crippen molar-refractivity contribution in [2.24, 2.45) is 0 Å². The number of amides is 1. The molecule has 3 atom stereocenters. The number of benzene rings is 1. The van der Waals surface area contributed by atoms with Crippen molar-refractivity contribution < 1.29 is 9.90 Å². The van der Waals surface area contributed by atoms with Crippen LogP contribution < -0.4 is 5.32 Å². The molecular formula is C22H25N5O2. The number of rotatable bonds is 4. The van der Waals surface area contributed by atoms with Gasteiger partial charge in [0.05, 0.1) is 16.6 Å². The molecule has 7 nitrogen and oxygen atoms in total. The Labute approximate surface area is 169 Å². The van der Waals surface area contributed by atoms with Crippen LogP contribution in [-0.2, 0) is 6.42 Å². The Hall–Kier alpha value is -2.93. The van der Waals surface area contributed by atoms with E-state index in [-0.39, 0.29) is 17.7 Å². The van der Waals surface area contributed by atoms with Crippen LogP contribution >= 0.6 is 0 Å². The van der Waals surface area contributed by atoms with E-state index in [1.807, 2.05) is 13.0 Å².